The molecule has 1 aliphatic rings. The predicted molar refractivity (Wildman–Crippen MR) is 68.7 cm³/mol. The highest BCUT2D eigenvalue weighted by molar-refractivity contribution is 6.02. The minimum Gasteiger partial charge on any atom is -0.324 e. The number of anilines is 1. The predicted octanol–water partition coefficient (Wildman–Crippen LogP) is 1.39. The molecule has 92 valence electrons. The van der Waals surface area contributed by atoms with Gasteiger partial charge in [-0.05, 0) is 32.2 Å². The summed E-state index contributed by atoms with van der Waals surface area (Å²) in [5.41, 5.74) is 3.74. The summed E-state index contributed by atoms with van der Waals surface area (Å²) in [7, 11) is 1.78. The zero-order chi connectivity index (χ0) is 12.7. The quantitative estimate of drug-likeness (QED) is 0.836. The van der Waals surface area contributed by atoms with Gasteiger partial charge in [0, 0.05) is 17.4 Å². The molecule has 0 fully saturated rings. The Balaban J connectivity index is 2.03. The van der Waals surface area contributed by atoms with Crippen LogP contribution < -0.4 is 10.6 Å². The Kier molecular flexibility index (Phi) is 2.41. The first-order valence-electron chi connectivity index (χ1n) is 5.84. The molecule has 2 aromatic rings. The number of likely N-dealkylation sites (N-methyl/N-ethyl adjacent to an activating group) is 1. The summed E-state index contributed by atoms with van der Waals surface area (Å²) < 4.78 is 1.80. The third kappa shape index (κ3) is 1.60. The van der Waals surface area contributed by atoms with Crippen molar-refractivity contribution in [1.29, 1.82) is 0 Å². The van der Waals surface area contributed by atoms with Gasteiger partial charge in [-0.25, -0.2) is 4.68 Å². The van der Waals surface area contributed by atoms with E-state index in [-0.39, 0.29) is 11.9 Å². The summed E-state index contributed by atoms with van der Waals surface area (Å²) >= 11 is 0. The number of carbonyl (C=O) groups excluding carboxylic acids is 1. The Hall–Kier alpha value is -2.14. The van der Waals surface area contributed by atoms with Gasteiger partial charge in [-0.1, -0.05) is 6.07 Å². The summed E-state index contributed by atoms with van der Waals surface area (Å²) in [6, 6.07) is 7.56. The van der Waals surface area contributed by atoms with E-state index in [4.69, 9.17) is 0 Å². The van der Waals surface area contributed by atoms with E-state index in [2.05, 4.69) is 15.7 Å². The first kappa shape index (κ1) is 11.0. The van der Waals surface area contributed by atoms with E-state index in [9.17, 15) is 4.79 Å². The van der Waals surface area contributed by atoms with Crippen LogP contribution in [0.1, 0.15) is 17.3 Å². The maximum atomic E-state index is 11.7. The zero-order valence-electron chi connectivity index (χ0n) is 10.3. The van der Waals surface area contributed by atoms with Crippen molar-refractivity contribution < 1.29 is 4.79 Å². The van der Waals surface area contributed by atoms with Gasteiger partial charge in [0.2, 0.25) is 5.91 Å². The molecule has 0 spiro atoms. The molecule has 5 heteroatoms. The van der Waals surface area contributed by atoms with E-state index < -0.39 is 0 Å². The molecule has 18 heavy (non-hydrogen) atoms. The van der Waals surface area contributed by atoms with Gasteiger partial charge < -0.3 is 10.6 Å². The molecule has 0 aliphatic carbocycles. The van der Waals surface area contributed by atoms with Gasteiger partial charge in [0.05, 0.1) is 11.4 Å². The van der Waals surface area contributed by atoms with E-state index in [1.165, 1.54) is 0 Å². The summed E-state index contributed by atoms with van der Waals surface area (Å²) in [6.45, 7) is 1.95. The molecular formula is C13H14N4O. The molecule has 3 rings (SSSR count). The lowest BCUT2D eigenvalue weighted by Gasteiger charge is -2.07. The maximum Gasteiger partial charge on any atom is 0.246 e. The van der Waals surface area contributed by atoms with Gasteiger partial charge in [-0.15, -0.1) is 0 Å². The van der Waals surface area contributed by atoms with Crippen molar-refractivity contribution in [3.8, 4) is 5.69 Å². The first-order chi connectivity index (χ1) is 8.69. The highest BCUT2D eigenvalue weighted by Gasteiger charge is 2.29. The number of amides is 1. The van der Waals surface area contributed by atoms with Gasteiger partial charge in [0.1, 0.15) is 6.04 Å². The van der Waals surface area contributed by atoms with E-state index >= 15 is 0 Å². The number of aromatic nitrogens is 2. The Morgan fingerprint density at radius 1 is 1.39 bits per heavy atom. The molecule has 5 nitrogen and oxygen atoms in total. The highest BCUT2D eigenvalue weighted by Crippen LogP contribution is 2.32. The third-order valence-corrected chi connectivity index (χ3v) is 3.14. The molecule has 1 unspecified atom stereocenters. The normalized spacial score (nSPS) is 17.7. The third-order valence-electron chi connectivity index (χ3n) is 3.14. The Morgan fingerprint density at radius 3 is 2.89 bits per heavy atom. The molecule has 0 bridgehead atoms. The van der Waals surface area contributed by atoms with Crippen LogP contribution in [-0.2, 0) is 4.79 Å². The number of aryl methyl sites for hydroxylation is 1. The van der Waals surface area contributed by atoms with Crippen LogP contribution in [0.3, 0.4) is 0 Å². The smallest absolute Gasteiger partial charge is 0.246 e. The average molecular weight is 242 g/mol. The number of benzene rings is 1. The fourth-order valence-electron chi connectivity index (χ4n) is 2.24. The van der Waals surface area contributed by atoms with Crippen LogP contribution in [0.2, 0.25) is 0 Å². The molecule has 2 heterocycles. The lowest BCUT2D eigenvalue weighted by atomic mass is 10.1. The van der Waals surface area contributed by atoms with E-state index in [1.807, 2.05) is 37.4 Å². The molecular weight excluding hydrogens is 228 g/mol. The second kappa shape index (κ2) is 3.96. The molecule has 1 aliphatic heterocycles. The number of nitrogens with one attached hydrogen (secondary N) is 2. The molecule has 2 N–H and O–H groups in total. The first-order valence-corrected chi connectivity index (χ1v) is 5.84. The molecule has 0 radical (unpaired) electrons. The van der Waals surface area contributed by atoms with E-state index in [0.29, 0.717) is 0 Å². The van der Waals surface area contributed by atoms with Crippen molar-refractivity contribution in [2.45, 2.75) is 13.0 Å². The largest absolute Gasteiger partial charge is 0.324 e. The van der Waals surface area contributed by atoms with Gasteiger partial charge in [-0.2, -0.15) is 5.10 Å². The lowest BCUT2D eigenvalue weighted by molar-refractivity contribution is -0.117. The van der Waals surface area contributed by atoms with Gasteiger partial charge in [-0.3, -0.25) is 4.79 Å². The van der Waals surface area contributed by atoms with Crippen molar-refractivity contribution in [2.75, 3.05) is 12.4 Å². The number of hydrogen-bond acceptors (Lipinski definition) is 3. The van der Waals surface area contributed by atoms with Crippen LogP contribution in [0.25, 0.3) is 5.69 Å². The number of hydrogen-bond donors (Lipinski definition) is 2. The molecule has 0 saturated heterocycles. The summed E-state index contributed by atoms with van der Waals surface area (Å²) in [5.74, 6) is -0.0127. The van der Waals surface area contributed by atoms with E-state index in [0.717, 1.165) is 22.6 Å². The van der Waals surface area contributed by atoms with Crippen LogP contribution >= 0.6 is 0 Å². The number of nitrogens with zero attached hydrogens (tertiary/aromatic N) is 2. The summed E-state index contributed by atoms with van der Waals surface area (Å²) in [4.78, 5) is 11.7. The average Bonchev–Trinajstić information content (AvgIpc) is 2.90. The van der Waals surface area contributed by atoms with Crippen LogP contribution in [0, 0.1) is 6.92 Å². The molecule has 1 aromatic carbocycles. The SMILES string of the molecule is CNC1C(=O)Nc2cc(-n3ccc(C)n3)ccc21. The molecule has 1 amide bonds. The monoisotopic (exact) mass is 242 g/mol. The minimum absolute atomic E-state index is 0.0127. The van der Waals surface area contributed by atoms with Crippen molar-refractivity contribution in [1.82, 2.24) is 15.1 Å². The van der Waals surface area contributed by atoms with Crippen LogP contribution in [-0.4, -0.2) is 22.7 Å². The van der Waals surface area contributed by atoms with Crippen molar-refractivity contribution in [3.63, 3.8) is 0 Å². The van der Waals surface area contributed by atoms with Crippen molar-refractivity contribution >= 4 is 11.6 Å². The lowest BCUT2D eigenvalue weighted by Crippen LogP contribution is -2.23. The number of fused-ring (bicyclic) bond motifs is 1. The summed E-state index contributed by atoms with van der Waals surface area (Å²) in [6.07, 6.45) is 1.91. The fourth-order valence-corrected chi connectivity index (χ4v) is 2.24. The number of rotatable bonds is 2. The Bertz CT molecular complexity index is 617. The molecule has 0 saturated carbocycles. The van der Waals surface area contributed by atoms with Gasteiger partial charge in [0.25, 0.3) is 0 Å². The maximum absolute atomic E-state index is 11.7. The van der Waals surface area contributed by atoms with Crippen LogP contribution in [0.15, 0.2) is 30.5 Å². The van der Waals surface area contributed by atoms with Crippen molar-refractivity contribution in [3.05, 3.63) is 41.7 Å². The summed E-state index contributed by atoms with van der Waals surface area (Å²) in [5, 5.41) is 10.2. The fraction of sp³-hybridized carbons (Fsp3) is 0.231. The Morgan fingerprint density at radius 2 is 2.22 bits per heavy atom. The molecule has 1 aromatic heterocycles. The second-order valence-corrected chi connectivity index (χ2v) is 4.38. The van der Waals surface area contributed by atoms with Crippen molar-refractivity contribution in [2.24, 2.45) is 0 Å². The minimum atomic E-state index is -0.256. The number of carbonyl (C=O) groups is 1. The van der Waals surface area contributed by atoms with E-state index in [1.54, 1.807) is 11.7 Å². The van der Waals surface area contributed by atoms with Crippen LogP contribution in [0.4, 0.5) is 5.69 Å². The topological polar surface area (TPSA) is 59.0 Å². The van der Waals surface area contributed by atoms with Gasteiger partial charge >= 0.3 is 0 Å². The highest BCUT2D eigenvalue weighted by atomic mass is 16.2. The molecule has 1 atom stereocenters. The second-order valence-electron chi connectivity index (χ2n) is 4.38. The van der Waals surface area contributed by atoms with Crippen LogP contribution in [0.5, 0.6) is 0 Å². The zero-order valence-corrected chi connectivity index (χ0v) is 10.3. The Labute approximate surface area is 105 Å². The standard InChI is InChI=1S/C13H14N4O/c1-8-5-6-17(16-8)9-3-4-10-11(7-9)15-13(18)12(10)14-2/h3-7,12,14H,1-2H3,(H,15,18). The van der Waals surface area contributed by atoms with Gasteiger partial charge in [0.15, 0.2) is 0 Å².